The Hall–Kier alpha value is -0.820. The van der Waals surface area contributed by atoms with Gasteiger partial charge in [-0.15, -0.1) is 0 Å². The topological polar surface area (TPSA) is 20.2 Å². The Morgan fingerprint density at radius 3 is 1.45 bits per heavy atom. The van der Waals surface area contributed by atoms with E-state index in [9.17, 15) is 5.11 Å². The van der Waals surface area contributed by atoms with E-state index in [1.165, 1.54) is 5.56 Å². The number of benzene rings is 1. The highest BCUT2D eigenvalue weighted by atomic mass is 16.3. The van der Waals surface area contributed by atoms with E-state index >= 15 is 0 Å². The number of hydrogen-bond acceptors (Lipinski definition) is 1. The molecule has 1 aromatic rings. The Labute approximate surface area is 125 Å². The van der Waals surface area contributed by atoms with Gasteiger partial charge < -0.3 is 5.11 Å². The third kappa shape index (κ3) is 4.63. The van der Waals surface area contributed by atoms with Gasteiger partial charge >= 0.3 is 0 Å². The van der Waals surface area contributed by atoms with E-state index < -0.39 is 5.60 Å². The monoisotopic (exact) mass is 276 g/mol. The van der Waals surface area contributed by atoms with E-state index in [-0.39, 0.29) is 5.41 Å². The predicted octanol–water partition coefficient (Wildman–Crippen LogP) is 5.26. The first-order chi connectivity index (χ1) is 9.04. The molecule has 1 rings (SSSR count). The van der Waals surface area contributed by atoms with Gasteiger partial charge in [-0.05, 0) is 41.2 Å². The van der Waals surface area contributed by atoms with Crippen molar-refractivity contribution in [2.45, 2.75) is 72.3 Å². The smallest absolute Gasteiger partial charge is 0.0901 e. The fraction of sp³-hybridized carbons (Fsp3) is 0.684. The molecule has 0 aliphatic carbocycles. The van der Waals surface area contributed by atoms with Crippen molar-refractivity contribution < 1.29 is 5.11 Å². The van der Waals surface area contributed by atoms with Crippen LogP contribution in [0.15, 0.2) is 24.3 Å². The number of aliphatic hydroxyl groups is 1. The van der Waals surface area contributed by atoms with Crippen LogP contribution >= 0.6 is 0 Å². The quantitative estimate of drug-likeness (QED) is 0.777. The number of hydrogen-bond donors (Lipinski definition) is 1. The summed E-state index contributed by atoms with van der Waals surface area (Å²) in [5, 5.41) is 11.1. The summed E-state index contributed by atoms with van der Waals surface area (Å²) >= 11 is 0. The Morgan fingerprint density at radius 1 is 0.800 bits per heavy atom. The molecule has 0 saturated carbocycles. The van der Waals surface area contributed by atoms with Crippen LogP contribution < -0.4 is 0 Å². The van der Waals surface area contributed by atoms with E-state index in [1.807, 2.05) is 0 Å². The van der Waals surface area contributed by atoms with E-state index in [4.69, 9.17) is 0 Å². The average molecular weight is 276 g/mol. The summed E-state index contributed by atoms with van der Waals surface area (Å²) in [4.78, 5) is 0. The first-order valence-electron chi connectivity index (χ1n) is 7.88. The average Bonchev–Trinajstić information content (AvgIpc) is 2.25. The molecule has 1 nitrogen and oxygen atoms in total. The molecule has 1 N–H and O–H groups in total. The lowest BCUT2D eigenvalue weighted by atomic mass is 9.78. The maximum Gasteiger partial charge on any atom is 0.0901 e. The van der Waals surface area contributed by atoms with Crippen molar-refractivity contribution >= 4 is 0 Å². The van der Waals surface area contributed by atoms with Crippen molar-refractivity contribution in [2.75, 3.05) is 0 Å². The summed E-state index contributed by atoms with van der Waals surface area (Å²) in [5.74, 6) is 0.974. The fourth-order valence-electron chi connectivity index (χ4n) is 2.95. The van der Waals surface area contributed by atoms with Crippen LogP contribution in [0.5, 0.6) is 0 Å². The molecule has 20 heavy (non-hydrogen) atoms. The zero-order valence-electron chi connectivity index (χ0n) is 14.3. The van der Waals surface area contributed by atoms with Crippen LogP contribution in [0.1, 0.15) is 72.4 Å². The van der Waals surface area contributed by atoms with Crippen LogP contribution in [0, 0.1) is 11.8 Å². The molecule has 0 saturated heterocycles. The highest BCUT2D eigenvalue weighted by Crippen LogP contribution is 2.35. The molecule has 0 spiro atoms. The lowest BCUT2D eigenvalue weighted by molar-refractivity contribution is -0.00452. The molecular formula is C19H32O. The van der Waals surface area contributed by atoms with Crippen LogP contribution in [0.25, 0.3) is 0 Å². The van der Waals surface area contributed by atoms with Crippen molar-refractivity contribution in [3.05, 3.63) is 35.4 Å². The zero-order chi connectivity index (χ0) is 15.6. The van der Waals surface area contributed by atoms with Gasteiger partial charge in [0.05, 0.1) is 5.60 Å². The summed E-state index contributed by atoms with van der Waals surface area (Å²) in [6.07, 6.45) is 1.64. The Balaban J connectivity index is 3.08. The van der Waals surface area contributed by atoms with Crippen LogP contribution in [0.3, 0.4) is 0 Å². The first-order valence-corrected chi connectivity index (χ1v) is 7.88. The van der Waals surface area contributed by atoms with Gasteiger partial charge in [-0.3, -0.25) is 0 Å². The molecule has 0 radical (unpaired) electrons. The number of rotatable bonds is 5. The minimum atomic E-state index is -0.696. The summed E-state index contributed by atoms with van der Waals surface area (Å²) in [6, 6.07) is 8.57. The Bertz CT molecular complexity index is 396. The summed E-state index contributed by atoms with van der Waals surface area (Å²) in [6.45, 7) is 15.4. The Morgan fingerprint density at radius 2 is 1.15 bits per heavy atom. The highest BCUT2D eigenvalue weighted by Gasteiger charge is 2.31. The van der Waals surface area contributed by atoms with Gasteiger partial charge in [-0.2, -0.15) is 0 Å². The molecule has 0 atom stereocenters. The van der Waals surface area contributed by atoms with E-state index in [2.05, 4.69) is 72.7 Å². The van der Waals surface area contributed by atoms with Gasteiger partial charge in [0.2, 0.25) is 0 Å². The summed E-state index contributed by atoms with van der Waals surface area (Å²) < 4.78 is 0. The highest BCUT2D eigenvalue weighted by molar-refractivity contribution is 5.31. The molecule has 0 amide bonds. The van der Waals surface area contributed by atoms with Crippen LogP contribution in [-0.4, -0.2) is 5.11 Å². The molecule has 0 aliphatic heterocycles. The minimum Gasteiger partial charge on any atom is -0.385 e. The van der Waals surface area contributed by atoms with Crippen LogP contribution in [0.4, 0.5) is 0 Å². The third-order valence-corrected chi connectivity index (χ3v) is 3.78. The maximum absolute atomic E-state index is 11.1. The van der Waals surface area contributed by atoms with Gasteiger partial charge in [-0.1, -0.05) is 72.7 Å². The fourth-order valence-corrected chi connectivity index (χ4v) is 2.95. The van der Waals surface area contributed by atoms with Crippen molar-refractivity contribution in [2.24, 2.45) is 11.8 Å². The normalized spacial score (nSPS) is 13.3. The third-order valence-electron chi connectivity index (χ3n) is 3.78. The second-order valence-electron chi connectivity index (χ2n) is 8.05. The molecule has 0 fully saturated rings. The maximum atomic E-state index is 11.1. The summed E-state index contributed by atoms with van der Waals surface area (Å²) in [5.41, 5.74) is 1.84. The minimum absolute atomic E-state index is 0.159. The molecule has 0 aliphatic rings. The molecule has 0 unspecified atom stereocenters. The van der Waals surface area contributed by atoms with Crippen molar-refractivity contribution in [1.82, 2.24) is 0 Å². The molecule has 0 bridgehead atoms. The van der Waals surface area contributed by atoms with Gasteiger partial charge in [0, 0.05) is 0 Å². The van der Waals surface area contributed by atoms with Crippen LogP contribution in [-0.2, 0) is 11.0 Å². The molecule has 114 valence electrons. The lowest BCUT2D eigenvalue weighted by Gasteiger charge is -2.33. The van der Waals surface area contributed by atoms with Gasteiger partial charge in [-0.25, -0.2) is 0 Å². The standard InChI is InChI=1S/C19H32O/c1-14(2)12-19(20,13-15(3)4)17-10-8-16(9-11-17)18(5,6)7/h8-11,14-15,20H,12-13H2,1-7H3. The van der Waals surface area contributed by atoms with Gasteiger partial charge in [0.15, 0.2) is 0 Å². The molecule has 0 aromatic heterocycles. The summed E-state index contributed by atoms with van der Waals surface area (Å²) in [7, 11) is 0. The predicted molar refractivity (Wildman–Crippen MR) is 87.9 cm³/mol. The van der Waals surface area contributed by atoms with Gasteiger partial charge in [0.25, 0.3) is 0 Å². The van der Waals surface area contributed by atoms with E-state index in [0.29, 0.717) is 11.8 Å². The van der Waals surface area contributed by atoms with Gasteiger partial charge in [0.1, 0.15) is 0 Å². The van der Waals surface area contributed by atoms with Crippen molar-refractivity contribution in [3.63, 3.8) is 0 Å². The van der Waals surface area contributed by atoms with Crippen molar-refractivity contribution in [1.29, 1.82) is 0 Å². The molecular weight excluding hydrogens is 244 g/mol. The van der Waals surface area contributed by atoms with Crippen molar-refractivity contribution in [3.8, 4) is 0 Å². The second kappa shape index (κ2) is 6.30. The second-order valence-corrected chi connectivity index (χ2v) is 8.05. The van der Waals surface area contributed by atoms with E-state index in [0.717, 1.165) is 18.4 Å². The molecule has 0 heterocycles. The first kappa shape index (κ1) is 17.2. The van der Waals surface area contributed by atoms with Crippen LogP contribution in [0.2, 0.25) is 0 Å². The van der Waals surface area contributed by atoms with E-state index in [1.54, 1.807) is 0 Å². The molecule has 1 heteroatoms. The Kier molecular flexibility index (Phi) is 5.43. The largest absolute Gasteiger partial charge is 0.385 e. The lowest BCUT2D eigenvalue weighted by Crippen LogP contribution is -2.29. The zero-order valence-corrected chi connectivity index (χ0v) is 14.3. The SMILES string of the molecule is CC(C)CC(O)(CC(C)C)c1ccc(C(C)(C)C)cc1. The molecule has 1 aromatic carbocycles.